The maximum absolute atomic E-state index is 3.21. The summed E-state index contributed by atoms with van der Waals surface area (Å²) < 4.78 is 0. The molecule has 2 aliphatic carbocycles. The highest BCUT2D eigenvalue weighted by Gasteiger charge is 2.20. The van der Waals surface area contributed by atoms with Crippen molar-refractivity contribution in [2.24, 2.45) is 5.92 Å². The van der Waals surface area contributed by atoms with E-state index in [-0.39, 0.29) is 0 Å². The van der Waals surface area contributed by atoms with E-state index in [0.29, 0.717) is 5.92 Å². The number of allylic oxidation sites excluding steroid dienone is 4. The van der Waals surface area contributed by atoms with Crippen LogP contribution in [0.5, 0.6) is 0 Å². The molecule has 0 aliphatic heterocycles. The molecule has 2 rings (SSSR count). The first-order valence-corrected chi connectivity index (χ1v) is 2.58. The van der Waals surface area contributed by atoms with Gasteiger partial charge in [-0.05, 0) is 12.5 Å². The van der Waals surface area contributed by atoms with Gasteiger partial charge in [-0.2, -0.15) is 0 Å². The summed E-state index contributed by atoms with van der Waals surface area (Å²) >= 11 is 0. The Kier molecular flexibility index (Phi) is 0.498. The molecule has 2 aliphatic rings. The molecule has 34 valence electrons. The van der Waals surface area contributed by atoms with E-state index in [9.17, 15) is 0 Å². The maximum Gasteiger partial charge on any atom is 0.0202 e. The lowest BCUT2D eigenvalue weighted by Crippen LogP contribution is -1.78. The summed E-state index contributed by atoms with van der Waals surface area (Å²) in [5, 5.41) is 0. The fraction of sp³-hybridized carbons (Fsp3) is 0.286. The van der Waals surface area contributed by atoms with Gasteiger partial charge < -0.3 is 0 Å². The van der Waals surface area contributed by atoms with Crippen molar-refractivity contribution in [2.75, 3.05) is 0 Å². The van der Waals surface area contributed by atoms with E-state index < -0.39 is 0 Å². The molecule has 0 aromatic heterocycles. The first kappa shape index (κ1) is 3.48. The predicted molar refractivity (Wildman–Crippen MR) is 28.3 cm³/mol. The Hall–Kier alpha value is -0.520. The molecule has 0 heterocycles. The standard InChI is InChI=1S/C7H6/c1-2-7-4-3-6(1)5-7/h1-3,7H,5H2. The fourth-order valence-corrected chi connectivity index (χ4v) is 1.07. The normalized spacial score (nSPS) is 28.0. The van der Waals surface area contributed by atoms with E-state index in [2.05, 4.69) is 24.3 Å². The van der Waals surface area contributed by atoms with Gasteiger partial charge in [0.2, 0.25) is 0 Å². The van der Waals surface area contributed by atoms with Crippen molar-refractivity contribution in [3.8, 4) is 0 Å². The second kappa shape index (κ2) is 1.00. The average Bonchev–Trinajstić information content (AvgIpc) is 2.22. The molecule has 0 spiro atoms. The van der Waals surface area contributed by atoms with Gasteiger partial charge in [0, 0.05) is 11.8 Å². The lowest BCUT2D eigenvalue weighted by molar-refractivity contribution is 0.839. The van der Waals surface area contributed by atoms with Crippen LogP contribution >= 0.6 is 0 Å². The van der Waals surface area contributed by atoms with Gasteiger partial charge in [-0.25, -0.2) is 0 Å². The molecule has 0 N–H and O–H groups in total. The molecule has 1 unspecified atom stereocenters. The van der Waals surface area contributed by atoms with Crippen LogP contribution in [0.15, 0.2) is 18.2 Å². The first-order valence-electron chi connectivity index (χ1n) is 2.58. The van der Waals surface area contributed by atoms with Crippen LogP contribution in [-0.2, 0) is 0 Å². The third-order valence-corrected chi connectivity index (χ3v) is 1.48. The Bertz CT molecular complexity index is 103. The minimum absolute atomic E-state index is 0.648. The van der Waals surface area contributed by atoms with Crippen molar-refractivity contribution in [3.63, 3.8) is 0 Å². The molecule has 0 saturated carbocycles. The van der Waals surface area contributed by atoms with Crippen LogP contribution in [0.4, 0.5) is 0 Å². The summed E-state index contributed by atoms with van der Waals surface area (Å²) in [7, 11) is 0. The smallest absolute Gasteiger partial charge is 0.0202 e. The van der Waals surface area contributed by atoms with Crippen LogP contribution in [0.25, 0.3) is 0 Å². The molecule has 0 saturated heterocycles. The largest absolute Gasteiger partial charge is 0.0801 e. The zero-order valence-corrected chi connectivity index (χ0v) is 4.02. The van der Waals surface area contributed by atoms with Crippen LogP contribution in [0.1, 0.15) is 6.42 Å². The molecular formula is C7H6. The minimum Gasteiger partial charge on any atom is -0.0801 e. The second-order valence-electron chi connectivity index (χ2n) is 2.06. The molecule has 1 atom stereocenters. The zero-order valence-electron chi connectivity index (χ0n) is 4.02. The van der Waals surface area contributed by atoms with Crippen LogP contribution < -0.4 is 0 Å². The summed E-state index contributed by atoms with van der Waals surface area (Å²) in [4.78, 5) is 0. The molecule has 0 nitrogen and oxygen atoms in total. The van der Waals surface area contributed by atoms with Crippen LogP contribution in [0.2, 0.25) is 0 Å². The topological polar surface area (TPSA) is 0 Å². The molecule has 0 aromatic rings. The van der Waals surface area contributed by atoms with Gasteiger partial charge in [0.1, 0.15) is 0 Å². The number of hydrogen-bond acceptors (Lipinski definition) is 0. The van der Waals surface area contributed by atoms with E-state index in [1.807, 2.05) is 0 Å². The summed E-state index contributed by atoms with van der Waals surface area (Å²) in [5.41, 5.74) is 0. The molecule has 2 radical (unpaired) electrons. The number of fused-ring (bicyclic) bond motifs is 2. The van der Waals surface area contributed by atoms with Gasteiger partial charge in [0.15, 0.2) is 0 Å². The van der Waals surface area contributed by atoms with Crippen molar-refractivity contribution < 1.29 is 0 Å². The van der Waals surface area contributed by atoms with E-state index in [1.54, 1.807) is 0 Å². The minimum atomic E-state index is 0.648. The number of hydrogen-bond donors (Lipinski definition) is 0. The Balaban J connectivity index is 2.38. The van der Waals surface area contributed by atoms with Crippen LogP contribution in [0, 0.1) is 17.9 Å². The van der Waals surface area contributed by atoms with Crippen molar-refractivity contribution >= 4 is 0 Å². The predicted octanol–water partition coefficient (Wildman–Crippen LogP) is 1.51. The molecule has 2 bridgehead atoms. The Morgan fingerprint density at radius 2 is 2.71 bits per heavy atom. The second-order valence-corrected chi connectivity index (χ2v) is 2.06. The summed E-state index contributed by atoms with van der Waals surface area (Å²) in [5.74, 6) is 2.10. The van der Waals surface area contributed by atoms with E-state index >= 15 is 0 Å². The molecule has 7 heavy (non-hydrogen) atoms. The van der Waals surface area contributed by atoms with Gasteiger partial charge in [-0.1, -0.05) is 18.2 Å². The zero-order chi connectivity index (χ0) is 4.69. The van der Waals surface area contributed by atoms with Crippen molar-refractivity contribution in [2.45, 2.75) is 6.42 Å². The van der Waals surface area contributed by atoms with Crippen molar-refractivity contribution in [3.05, 3.63) is 30.2 Å². The summed E-state index contributed by atoms with van der Waals surface area (Å²) in [6.07, 6.45) is 10.9. The van der Waals surface area contributed by atoms with Gasteiger partial charge in [0.05, 0.1) is 0 Å². The molecular weight excluding hydrogens is 84.1 g/mol. The van der Waals surface area contributed by atoms with Gasteiger partial charge in [-0.3, -0.25) is 0 Å². The Morgan fingerprint density at radius 1 is 1.71 bits per heavy atom. The highest BCUT2D eigenvalue weighted by molar-refractivity contribution is 5.35. The third kappa shape index (κ3) is 0.365. The quantitative estimate of drug-likeness (QED) is 0.423. The molecule has 0 aromatic carbocycles. The summed E-state index contributed by atoms with van der Waals surface area (Å²) in [6.45, 7) is 0. The van der Waals surface area contributed by atoms with Gasteiger partial charge in [0.25, 0.3) is 0 Å². The van der Waals surface area contributed by atoms with Crippen LogP contribution in [-0.4, -0.2) is 0 Å². The SMILES string of the molecule is [C]1=C[C]2C=CC1C2. The average molecular weight is 90.1 g/mol. The van der Waals surface area contributed by atoms with Crippen LogP contribution in [0.3, 0.4) is 0 Å². The van der Waals surface area contributed by atoms with Crippen molar-refractivity contribution in [1.82, 2.24) is 0 Å². The monoisotopic (exact) mass is 90.0 g/mol. The van der Waals surface area contributed by atoms with E-state index in [4.69, 9.17) is 0 Å². The Morgan fingerprint density at radius 3 is 2.86 bits per heavy atom. The maximum atomic E-state index is 3.21. The van der Waals surface area contributed by atoms with Gasteiger partial charge >= 0.3 is 0 Å². The number of rotatable bonds is 0. The first-order chi connectivity index (χ1) is 3.45. The van der Waals surface area contributed by atoms with E-state index in [0.717, 1.165) is 0 Å². The Labute approximate surface area is 43.5 Å². The third-order valence-electron chi connectivity index (χ3n) is 1.48. The highest BCUT2D eigenvalue weighted by Crippen LogP contribution is 2.32. The lowest BCUT2D eigenvalue weighted by atomic mass is 10.2. The molecule has 0 amide bonds. The highest BCUT2D eigenvalue weighted by atomic mass is 14.2. The fourth-order valence-electron chi connectivity index (χ4n) is 1.07. The molecule has 0 heteroatoms. The lowest BCUT2D eigenvalue weighted by Gasteiger charge is -1.87. The van der Waals surface area contributed by atoms with E-state index in [1.165, 1.54) is 12.3 Å². The molecule has 0 fully saturated rings. The summed E-state index contributed by atoms with van der Waals surface area (Å²) in [6, 6.07) is 0. The van der Waals surface area contributed by atoms with Crippen molar-refractivity contribution in [1.29, 1.82) is 0 Å². The van der Waals surface area contributed by atoms with Gasteiger partial charge in [-0.15, -0.1) is 0 Å².